The van der Waals surface area contributed by atoms with Gasteiger partial charge in [0.15, 0.2) is 0 Å². The van der Waals surface area contributed by atoms with Crippen LogP contribution in [0.5, 0.6) is 0 Å². The van der Waals surface area contributed by atoms with Gasteiger partial charge in [0.25, 0.3) is 0 Å². The standard InChI is InChI=1S/C13H12ClNO/c1-2-9-15-12(16)8-4-6-10-5-3-7-11(14)13(10)15/h1,3,5,7H,4,6,8-9H2. The van der Waals surface area contributed by atoms with Crippen molar-refractivity contribution in [1.82, 2.24) is 0 Å². The van der Waals surface area contributed by atoms with Gasteiger partial charge in [-0.1, -0.05) is 29.7 Å². The molecule has 0 atom stereocenters. The molecule has 1 aromatic carbocycles. The molecule has 2 nitrogen and oxygen atoms in total. The molecule has 1 amide bonds. The maximum Gasteiger partial charge on any atom is 0.227 e. The fourth-order valence-corrected chi connectivity index (χ4v) is 2.31. The van der Waals surface area contributed by atoms with E-state index in [1.807, 2.05) is 12.1 Å². The van der Waals surface area contributed by atoms with Crippen molar-refractivity contribution in [3.8, 4) is 12.3 Å². The first kappa shape index (κ1) is 11.0. The Labute approximate surface area is 100 Å². The Morgan fingerprint density at radius 2 is 2.25 bits per heavy atom. The molecule has 0 saturated carbocycles. The second-order valence-electron chi connectivity index (χ2n) is 3.79. The molecule has 0 N–H and O–H groups in total. The first-order valence-corrected chi connectivity index (χ1v) is 5.63. The van der Waals surface area contributed by atoms with Gasteiger partial charge in [-0.3, -0.25) is 9.69 Å². The van der Waals surface area contributed by atoms with Crippen molar-refractivity contribution < 1.29 is 4.79 Å². The Morgan fingerprint density at radius 1 is 1.44 bits per heavy atom. The molecule has 0 radical (unpaired) electrons. The number of carbonyl (C=O) groups excluding carboxylic acids is 1. The number of nitrogens with zero attached hydrogens (tertiary/aromatic N) is 1. The summed E-state index contributed by atoms with van der Waals surface area (Å²) in [5, 5.41) is 0.600. The Hall–Kier alpha value is -1.46. The van der Waals surface area contributed by atoms with E-state index in [0.717, 1.165) is 24.1 Å². The van der Waals surface area contributed by atoms with Crippen molar-refractivity contribution in [2.45, 2.75) is 19.3 Å². The quantitative estimate of drug-likeness (QED) is 0.683. The molecular weight excluding hydrogens is 222 g/mol. The van der Waals surface area contributed by atoms with Crippen LogP contribution in [0.1, 0.15) is 18.4 Å². The van der Waals surface area contributed by atoms with Crippen molar-refractivity contribution in [2.24, 2.45) is 0 Å². The number of halogens is 1. The molecule has 1 aromatic rings. The average Bonchev–Trinajstić information content (AvgIpc) is 2.41. The summed E-state index contributed by atoms with van der Waals surface area (Å²) in [7, 11) is 0. The lowest BCUT2D eigenvalue weighted by atomic mass is 10.1. The Kier molecular flexibility index (Phi) is 3.17. The molecule has 0 bridgehead atoms. The zero-order valence-electron chi connectivity index (χ0n) is 8.87. The van der Waals surface area contributed by atoms with Crippen LogP contribution in [-0.2, 0) is 11.2 Å². The predicted octanol–water partition coefficient (Wildman–Crippen LogP) is 2.64. The van der Waals surface area contributed by atoms with Crippen LogP contribution in [0, 0.1) is 12.3 Å². The number of aryl methyl sites for hydroxylation is 1. The van der Waals surface area contributed by atoms with Crippen LogP contribution in [0.25, 0.3) is 0 Å². The van der Waals surface area contributed by atoms with Crippen LogP contribution in [0.15, 0.2) is 18.2 Å². The minimum absolute atomic E-state index is 0.0600. The summed E-state index contributed by atoms with van der Waals surface area (Å²) in [6, 6.07) is 5.71. The van der Waals surface area contributed by atoms with Gasteiger partial charge in [-0.05, 0) is 24.5 Å². The molecule has 1 aliphatic rings. The highest BCUT2D eigenvalue weighted by Crippen LogP contribution is 2.33. The lowest BCUT2D eigenvalue weighted by Crippen LogP contribution is -2.30. The third kappa shape index (κ3) is 1.91. The topological polar surface area (TPSA) is 20.3 Å². The first-order valence-electron chi connectivity index (χ1n) is 5.25. The lowest BCUT2D eigenvalue weighted by Gasteiger charge is -2.21. The minimum atomic E-state index is 0.0600. The Balaban J connectivity index is 2.53. The molecule has 1 heterocycles. The van der Waals surface area contributed by atoms with Gasteiger partial charge < -0.3 is 0 Å². The second-order valence-corrected chi connectivity index (χ2v) is 4.19. The summed E-state index contributed by atoms with van der Waals surface area (Å²) in [5.74, 6) is 2.57. The summed E-state index contributed by atoms with van der Waals surface area (Å²) >= 11 is 6.15. The molecule has 1 aliphatic heterocycles. The number of hydrogen-bond donors (Lipinski definition) is 0. The molecule has 0 saturated heterocycles. The van der Waals surface area contributed by atoms with Crippen LogP contribution < -0.4 is 4.90 Å². The number of terminal acetylenes is 1. The molecule has 2 rings (SSSR count). The van der Waals surface area contributed by atoms with Crippen molar-refractivity contribution in [3.05, 3.63) is 28.8 Å². The van der Waals surface area contributed by atoms with Gasteiger partial charge in [0.05, 0.1) is 17.3 Å². The number of anilines is 1. The van der Waals surface area contributed by atoms with E-state index < -0.39 is 0 Å². The zero-order valence-corrected chi connectivity index (χ0v) is 9.63. The van der Waals surface area contributed by atoms with Crippen molar-refractivity contribution in [3.63, 3.8) is 0 Å². The van der Waals surface area contributed by atoms with E-state index >= 15 is 0 Å². The van der Waals surface area contributed by atoms with Crippen LogP contribution in [0.4, 0.5) is 5.69 Å². The summed E-state index contributed by atoms with van der Waals surface area (Å²) in [6.45, 7) is 0.287. The minimum Gasteiger partial charge on any atom is -0.299 e. The van der Waals surface area contributed by atoms with Crippen LogP contribution in [0.2, 0.25) is 5.02 Å². The smallest absolute Gasteiger partial charge is 0.227 e. The zero-order chi connectivity index (χ0) is 11.5. The monoisotopic (exact) mass is 233 g/mol. The number of amides is 1. The fraction of sp³-hybridized carbons (Fsp3) is 0.308. The third-order valence-corrected chi connectivity index (χ3v) is 3.03. The number of benzene rings is 1. The summed E-state index contributed by atoms with van der Waals surface area (Å²) in [5.41, 5.74) is 1.90. The van der Waals surface area contributed by atoms with Crippen LogP contribution >= 0.6 is 11.6 Å². The molecule has 16 heavy (non-hydrogen) atoms. The van der Waals surface area contributed by atoms with Crippen molar-refractivity contribution in [2.75, 3.05) is 11.4 Å². The van der Waals surface area contributed by atoms with E-state index in [1.54, 1.807) is 11.0 Å². The van der Waals surface area contributed by atoms with Gasteiger partial charge in [0.1, 0.15) is 0 Å². The molecular formula is C13H12ClNO. The molecule has 0 aromatic heterocycles. The second kappa shape index (κ2) is 4.59. The SMILES string of the molecule is C#CCN1C(=O)CCCc2cccc(Cl)c21. The molecule has 0 fully saturated rings. The normalized spacial score (nSPS) is 15.2. The third-order valence-electron chi connectivity index (χ3n) is 2.73. The van der Waals surface area contributed by atoms with Crippen molar-refractivity contribution >= 4 is 23.2 Å². The maximum absolute atomic E-state index is 11.9. The number of para-hydroxylation sites is 1. The Morgan fingerprint density at radius 3 is 3.00 bits per heavy atom. The van der Waals surface area contributed by atoms with Crippen molar-refractivity contribution in [1.29, 1.82) is 0 Å². The van der Waals surface area contributed by atoms with E-state index in [2.05, 4.69) is 5.92 Å². The summed E-state index contributed by atoms with van der Waals surface area (Å²) in [4.78, 5) is 13.5. The van der Waals surface area contributed by atoms with Crippen LogP contribution in [0.3, 0.4) is 0 Å². The van der Waals surface area contributed by atoms with Gasteiger partial charge >= 0.3 is 0 Å². The van der Waals surface area contributed by atoms with E-state index in [-0.39, 0.29) is 12.5 Å². The number of carbonyl (C=O) groups is 1. The Bertz CT molecular complexity index is 461. The van der Waals surface area contributed by atoms with Gasteiger partial charge in [0, 0.05) is 6.42 Å². The molecule has 82 valence electrons. The maximum atomic E-state index is 11.9. The highest BCUT2D eigenvalue weighted by atomic mass is 35.5. The summed E-state index contributed by atoms with van der Waals surface area (Å²) < 4.78 is 0. The largest absolute Gasteiger partial charge is 0.299 e. The summed E-state index contributed by atoms with van der Waals surface area (Å²) in [6.07, 6.45) is 7.56. The fourth-order valence-electron chi connectivity index (χ4n) is 2.01. The highest BCUT2D eigenvalue weighted by Gasteiger charge is 2.23. The van der Waals surface area contributed by atoms with Gasteiger partial charge in [0.2, 0.25) is 5.91 Å². The van der Waals surface area contributed by atoms with E-state index in [4.69, 9.17) is 18.0 Å². The molecule has 0 spiro atoms. The highest BCUT2D eigenvalue weighted by molar-refractivity contribution is 6.34. The number of rotatable bonds is 1. The average molecular weight is 234 g/mol. The number of hydrogen-bond acceptors (Lipinski definition) is 1. The molecule has 3 heteroatoms. The molecule has 0 aliphatic carbocycles. The first-order chi connectivity index (χ1) is 7.74. The van der Waals surface area contributed by atoms with Gasteiger partial charge in [-0.2, -0.15) is 0 Å². The molecule has 0 unspecified atom stereocenters. The number of fused-ring (bicyclic) bond motifs is 1. The van der Waals surface area contributed by atoms with E-state index in [0.29, 0.717) is 11.4 Å². The van der Waals surface area contributed by atoms with E-state index in [9.17, 15) is 4.79 Å². The lowest BCUT2D eigenvalue weighted by molar-refractivity contribution is -0.118. The van der Waals surface area contributed by atoms with Crippen LogP contribution in [-0.4, -0.2) is 12.5 Å². The van der Waals surface area contributed by atoms with Gasteiger partial charge in [-0.15, -0.1) is 6.42 Å². The van der Waals surface area contributed by atoms with Gasteiger partial charge in [-0.25, -0.2) is 0 Å². The predicted molar refractivity (Wildman–Crippen MR) is 65.6 cm³/mol. The van der Waals surface area contributed by atoms with E-state index in [1.165, 1.54) is 0 Å².